The number of hydrogen-bond acceptors (Lipinski definition) is 3. The van der Waals surface area contributed by atoms with E-state index in [2.05, 4.69) is 10.3 Å². The van der Waals surface area contributed by atoms with Crippen LogP contribution in [0.1, 0.15) is 23.7 Å². The molecule has 2 rings (SSSR count). The minimum Gasteiger partial charge on any atom is -0.354 e. The summed E-state index contributed by atoms with van der Waals surface area (Å²) in [6.07, 6.45) is 2.63. The van der Waals surface area contributed by atoms with Gasteiger partial charge in [-0.25, -0.2) is 4.98 Å². The standard InChI is InChI=1S/C17H21N3O2/c1-3-15-11-17(22)20(12-19-15)8-7-18-16(21)10-14-6-4-5-13(2)9-14/h4-6,9,11-12H,3,7-8,10H2,1-2H3,(H,18,21). The van der Waals surface area contributed by atoms with E-state index in [4.69, 9.17) is 0 Å². The van der Waals surface area contributed by atoms with Gasteiger partial charge in [-0.15, -0.1) is 0 Å². The normalized spacial score (nSPS) is 10.5. The van der Waals surface area contributed by atoms with Gasteiger partial charge in [0.25, 0.3) is 5.56 Å². The van der Waals surface area contributed by atoms with Crippen LogP contribution >= 0.6 is 0 Å². The van der Waals surface area contributed by atoms with Gasteiger partial charge in [-0.05, 0) is 18.9 Å². The van der Waals surface area contributed by atoms with E-state index in [0.29, 0.717) is 19.5 Å². The minimum atomic E-state index is -0.0835. The lowest BCUT2D eigenvalue weighted by Gasteiger charge is -2.08. The van der Waals surface area contributed by atoms with Crippen LogP contribution in [0.2, 0.25) is 0 Å². The molecule has 0 aliphatic carbocycles. The topological polar surface area (TPSA) is 64.0 Å². The number of hydrogen-bond donors (Lipinski definition) is 1. The lowest BCUT2D eigenvalue weighted by molar-refractivity contribution is -0.120. The summed E-state index contributed by atoms with van der Waals surface area (Å²) in [5.41, 5.74) is 2.83. The number of carbonyl (C=O) groups is 1. The van der Waals surface area contributed by atoms with Gasteiger partial charge in [0.05, 0.1) is 12.7 Å². The number of benzene rings is 1. The SMILES string of the molecule is CCc1cc(=O)n(CCNC(=O)Cc2cccc(C)c2)cn1. The van der Waals surface area contributed by atoms with E-state index in [1.807, 2.05) is 38.1 Å². The molecule has 116 valence electrons. The molecule has 0 bridgehead atoms. The Hall–Kier alpha value is -2.43. The molecule has 0 aliphatic heterocycles. The average molecular weight is 299 g/mol. The van der Waals surface area contributed by atoms with Crippen molar-refractivity contribution in [3.05, 3.63) is 63.8 Å². The molecule has 1 aromatic carbocycles. The lowest BCUT2D eigenvalue weighted by atomic mass is 10.1. The summed E-state index contributed by atoms with van der Waals surface area (Å²) in [5.74, 6) is -0.0446. The molecule has 0 spiro atoms. The fraction of sp³-hybridized carbons (Fsp3) is 0.353. The predicted molar refractivity (Wildman–Crippen MR) is 85.8 cm³/mol. The van der Waals surface area contributed by atoms with E-state index in [1.165, 1.54) is 17.0 Å². The Balaban J connectivity index is 1.83. The van der Waals surface area contributed by atoms with Crippen LogP contribution in [-0.4, -0.2) is 22.0 Å². The summed E-state index contributed by atoms with van der Waals surface area (Å²) in [4.78, 5) is 27.9. The van der Waals surface area contributed by atoms with Crippen molar-refractivity contribution >= 4 is 5.91 Å². The van der Waals surface area contributed by atoms with Crippen LogP contribution in [0, 0.1) is 6.92 Å². The highest BCUT2D eigenvalue weighted by molar-refractivity contribution is 5.78. The van der Waals surface area contributed by atoms with E-state index in [1.54, 1.807) is 0 Å². The molecule has 2 aromatic rings. The summed E-state index contributed by atoms with van der Waals surface area (Å²) in [5, 5.41) is 2.83. The Morgan fingerprint density at radius 3 is 2.82 bits per heavy atom. The zero-order valence-corrected chi connectivity index (χ0v) is 13.0. The average Bonchev–Trinajstić information content (AvgIpc) is 2.48. The molecule has 1 amide bonds. The van der Waals surface area contributed by atoms with Crippen molar-refractivity contribution in [3.63, 3.8) is 0 Å². The number of amides is 1. The van der Waals surface area contributed by atoms with Crippen LogP contribution in [0.4, 0.5) is 0 Å². The molecule has 0 atom stereocenters. The zero-order valence-electron chi connectivity index (χ0n) is 13.0. The van der Waals surface area contributed by atoms with E-state index >= 15 is 0 Å². The molecule has 0 fully saturated rings. The quantitative estimate of drug-likeness (QED) is 0.878. The van der Waals surface area contributed by atoms with E-state index in [-0.39, 0.29) is 11.5 Å². The van der Waals surface area contributed by atoms with Crippen molar-refractivity contribution in [1.29, 1.82) is 0 Å². The van der Waals surface area contributed by atoms with E-state index < -0.39 is 0 Å². The van der Waals surface area contributed by atoms with Crippen molar-refractivity contribution < 1.29 is 4.79 Å². The molecule has 1 heterocycles. The van der Waals surface area contributed by atoms with Gasteiger partial charge < -0.3 is 5.32 Å². The third-order valence-corrected chi connectivity index (χ3v) is 3.42. The molecular weight excluding hydrogens is 278 g/mol. The second-order valence-electron chi connectivity index (χ2n) is 5.28. The number of nitrogens with zero attached hydrogens (tertiary/aromatic N) is 2. The first-order valence-electron chi connectivity index (χ1n) is 7.46. The Bertz CT molecular complexity index is 707. The summed E-state index contributed by atoms with van der Waals surface area (Å²) >= 11 is 0. The molecule has 1 N–H and O–H groups in total. The number of rotatable bonds is 6. The molecule has 0 unspecified atom stereocenters. The second-order valence-corrected chi connectivity index (χ2v) is 5.28. The predicted octanol–water partition coefficient (Wildman–Crippen LogP) is 1.47. The maximum absolute atomic E-state index is 11.9. The summed E-state index contributed by atoms with van der Waals surface area (Å²) in [6, 6.07) is 9.41. The Kier molecular flexibility index (Phi) is 5.47. The number of nitrogens with one attached hydrogen (secondary N) is 1. The zero-order chi connectivity index (χ0) is 15.9. The monoisotopic (exact) mass is 299 g/mol. The third kappa shape index (κ3) is 4.55. The fourth-order valence-electron chi connectivity index (χ4n) is 2.21. The molecule has 0 saturated heterocycles. The second kappa shape index (κ2) is 7.54. The molecule has 0 radical (unpaired) electrons. The highest BCUT2D eigenvalue weighted by Crippen LogP contribution is 2.04. The Labute approximate surface area is 130 Å². The first-order chi connectivity index (χ1) is 10.6. The summed E-state index contributed by atoms with van der Waals surface area (Å²) in [7, 11) is 0. The van der Waals surface area contributed by atoms with Gasteiger partial charge >= 0.3 is 0 Å². The van der Waals surface area contributed by atoms with Gasteiger partial charge in [-0.2, -0.15) is 0 Å². The lowest BCUT2D eigenvalue weighted by Crippen LogP contribution is -2.31. The third-order valence-electron chi connectivity index (χ3n) is 3.42. The van der Waals surface area contributed by atoms with Gasteiger partial charge in [-0.1, -0.05) is 36.8 Å². The van der Waals surface area contributed by atoms with Crippen molar-refractivity contribution in [2.45, 2.75) is 33.2 Å². The fourth-order valence-corrected chi connectivity index (χ4v) is 2.21. The van der Waals surface area contributed by atoms with Crippen LogP contribution in [0.3, 0.4) is 0 Å². The molecule has 5 heteroatoms. The molecule has 22 heavy (non-hydrogen) atoms. The smallest absolute Gasteiger partial charge is 0.253 e. The molecule has 1 aromatic heterocycles. The highest BCUT2D eigenvalue weighted by Gasteiger charge is 2.04. The molecule has 5 nitrogen and oxygen atoms in total. The van der Waals surface area contributed by atoms with Gasteiger partial charge in [0, 0.05) is 24.8 Å². The summed E-state index contributed by atoms with van der Waals surface area (Å²) < 4.78 is 1.51. The molecule has 0 saturated carbocycles. The number of aryl methyl sites for hydroxylation is 2. The van der Waals surface area contributed by atoms with Crippen LogP contribution in [0.5, 0.6) is 0 Å². The van der Waals surface area contributed by atoms with Crippen LogP contribution < -0.4 is 10.9 Å². The Morgan fingerprint density at radius 2 is 2.14 bits per heavy atom. The van der Waals surface area contributed by atoms with Crippen molar-refractivity contribution in [1.82, 2.24) is 14.9 Å². The van der Waals surface area contributed by atoms with E-state index in [0.717, 1.165) is 23.2 Å². The molecule has 0 aliphatic rings. The van der Waals surface area contributed by atoms with Gasteiger partial charge in [0.1, 0.15) is 0 Å². The van der Waals surface area contributed by atoms with Gasteiger partial charge in [-0.3, -0.25) is 14.2 Å². The van der Waals surface area contributed by atoms with E-state index in [9.17, 15) is 9.59 Å². The minimum absolute atomic E-state index is 0.0446. The maximum atomic E-state index is 11.9. The van der Waals surface area contributed by atoms with Gasteiger partial charge in [0.2, 0.25) is 5.91 Å². The number of aromatic nitrogens is 2. The van der Waals surface area contributed by atoms with Crippen LogP contribution in [0.25, 0.3) is 0 Å². The highest BCUT2D eigenvalue weighted by atomic mass is 16.1. The van der Waals surface area contributed by atoms with Gasteiger partial charge in [0.15, 0.2) is 0 Å². The largest absolute Gasteiger partial charge is 0.354 e. The molecular formula is C17H21N3O2. The van der Waals surface area contributed by atoms with Crippen molar-refractivity contribution in [3.8, 4) is 0 Å². The summed E-state index contributed by atoms with van der Waals surface area (Å²) in [6.45, 7) is 4.80. The maximum Gasteiger partial charge on any atom is 0.253 e. The van der Waals surface area contributed by atoms with Crippen LogP contribution in [-0.2, 0) is 24.2 Å². The first kappa shape index (κ1) is 15.9. The van der Waals surface area contributed by atoms with Crippen molar-refractivity contribution in [2.75, 3.05) is 6.54 Å². The first-order valence-corrected chi connectivity index (χ1v) is 7.46. The van der Waals surface area contributed by atoms with Crippen molar-refractivity contribution in [2.24, 2.45) is 0 Å². The number of carbonyl (C=O) groups excluding carboxylic acids is 1. The Morgan fingerprint density at radius 1 is 1.32 bits per heavy atom. The van der Waals surface area contributed by atoms with Crippen LogP contribution in [0.15, 0.2) is 41.5 Å².